The Morgan fingerprint density at radius 2 is 2.25 bits per heavy atom. The maximum Gasteiger partial charge on any atom is 0.123 e. The van der Waals surface area contributed by atoms with E-state index in [0.29, 0.717) is 6.54 Å². The quantitative estimate of drug-likeness (QED) is 0.519. The Balaban J connectivity index is 2.94. The number of ether oxygens (including phenoxy) is 1. The Labute approximate surface area is 72.5 Å². The van der Waals surface area contributed by atoms with Crippen LogP contribution in [0.5, 0.6) is 5.75 Å². The molecule has 0 saturated heterocycles. The molecule has 0 aliphatic rings. The molecule has 0 aliphatic carbocycles. The van der Waals surface area contributed by atoms with Crippen LogP contribution >= 0.6 is 0 Å². The smallest absolute Gasteiger partial charge is 0.123 e. The molecule has 1 aromatic carbocycles. The summed E-state index contributed by atoms with van der Waals surface area (Å²) in [6.07, 6.45) is 0. The number of hydrogen-bond donors (Lipinski definition) is 2. The summed E-state index contributed by atoms with van der Waals surface area (Å²) < 4.78 is 5.18. The summed E-state index contributed by atoms with van der Waals surface area (Å²) in [6, 6.07) is 6.04. The van der Waals surface area contributed by atoms with Gasteiger partial charge < -0.3 is 4.74 Å². The largest absolute Gasteiger partial charge is 0.496 e. The van der Waals surface area contributed by atoms with Gasteiger partial charge in [0.05, 0.1) is 7.11 Å². The molecule has 3 nitrogen and oxygen atoms in total. The van der Waals surface area contributed by atoms with Gasteiger partial charge in [0.25, 0.3) is 0 Å². The van der Waals surface area contributed by atoms with E-state index in [1.54, 1.807) is 7.11 Å². The van der Waals surface area contributed by atoms with Crippen molar-refractivity contribution in [3.8, 4) is 5.75 Å². The molecule has 1 aromatic rings. The number of aryl methyl sites for hydroxylation is 1. The minimum Gasteiger partial charge on any atom is -0.496 e. The highest BCUT2D eigenvalue weighted by Crippen LogP contribution is 2.19. The van der Waals surface area contributed by atoms with Crippen LogP contribution in [0.4, 0.5) is 0 Å². The van der Waals surface area contributed by atoms with Crippen molar-refractivity contribution >= 4 is 0 Å². The molecule has 0 aliphatic heterocycles. The maximum atomic E-state index is 5.22. The average molecular weight is 166 g/mol. The van der Waals surface area contributed by atoms with Crippen LogP contribution in [0, 0.1) is 6.92 Å². The lowest BCUT2D eigenvalue weighted by atomic mass is 10.1. The number of rotatable bonds is 3. The summed E-state index contributed by atoms with van der Waals surface area (Å²) in [5.74, 6) is 6.10. The van der Waals surface area contributed by atoms with Gasteiger partial charge in [-0.15, -0.1) is 0 Å². The molecular weight excluding hydrogens is 152 g/mol. The van der Waals surface area contributed by atoms with Gasteiger partial charge in [-0.3, -0.25) is 11.3 Å². The summed E-state index contributed by atoms with van der Waals surface area (Å²) in [5, 5.41) is 0. The van der Waals surface area contributed by atoms with Crippen LogP contribution in [0.2, 0.25) is 0 Å². The second-order valence-corrected chi connectivity index (χ2v) is 2.70. The molecule has 1 rings (SSSR count). The van der Waals surface area contributed by atoms with Crippen molar-refractivity contribution in [2.45, 2.75) is 13.5 Å². The number of methoxy groups -OCH3 is 1. The van der Waals surface area contributed by atoms with Crippen molar-refractivity contribution < 1.29 is 4.74 Å². The first-order valence-electron chi connectivity index (χ1n) is 3.85. The zero-order valence-corrected chi connectivity index (χ0v) is 7.42. The average Bonchev–Trinajstić information content (AvgIpc) is 2.08. The molecule has 66 valence electrons. The van der Waals surface area contributed by atoms with Gasteiger partial charge >= 0.3 is 0 Å². The Hall–Kier alpha value is -1.06. The fourth-order valence-electron chi connectivity index (χ4n) is 1.11. The zero-order chi connectivity index (χ0) is 8.97. The topological polar surface area (TPSA) is 47.3 Å². The lowest BCUT2D eigenvalue weighted by Crippen LogP contribution is -2.21. The molecular formula is C9H14N2O. The number of nitrogens with two attached hydrogens (primary N) is 1. The lowest BCUT2D eigenvalue weighted by Gasteiger charge is -2.08. The number of hydrazine groups is 1. The van der Waals surface area contributed by atoms with Crippen molar-refractivity contribution in [2.24, 2.45) is 5.84 Å². The van der Waals surface area contributed by atoms with E-state index < -0.39 is 0 Å². The molecule has 0 bridgehead atoms. The highest BCUT2D eigenvalue weighted by Gasteiger charge is 2.00. The van der Waals surface area contributed by atoms with Gasteiger partial charge in [-0.25, -0.2) is 0 Å². The molecule has 12 heavy (non-hydrogen) atoms. The van der Waals surface area contributed by atoms with Crippen molar-refractivity contribution in [2.75, 3.05) is 7.11 Å². The van der Waals surface area contributed by atoms with E-state index in [9.17, 15) is 0 Å². The van der Waals surface area contributed by atoms with Gasteiger partial charge in [-0.2, -0.15) is 0 Å². The van der Waals surface area contributed by atoms with E-state index in [1.807, 2.05) is 25.1 Å². The van der Waals surface area contributed by atoms with Gasteiger partial charge in [0.2, 0.25) is 0 Å². The Kier molecular flexibility index (Phi) is 3.08. The van der Waals surface area contributed by atoms with E-state index >= 15 is 0 Å². The van der Waals surface area contributed by atoms with Crippen LogP contribution in [0.25, 0.3) is 0 Å². The van der Waals surface area contributed by atoms with E-state index in [1.165, 1.54) is 5.56 Å². The van der Waals surface area contributed by atoms with E-state index in [-0.39, 0.29) is 0 Å². The van der Waals surface area contributed by atoms with Crippen LogP contribution in [-0.4, -0.2) is 7.11 Å². The Morgan fingerprint density at radius 1 is 1.50 bits per heavy atom. The Morgan fingerprint density at radius 3 is 2.83 bits per heavy atom. The Bertz CT molecular complexity index is 261. The molecule has 0 atom stereocenters. The molecule has 0 heterocycles. The van der Waals surface area contributed by atoms with Crippen molar-refractivity contribution in [1.29, 1.82) is 0 Å². The third-order valence-corrected chi connectivity index (χ3v) is 1.74. The summed E-state index contributed by atoms with van der Waals surface area (Å²) >= 11 is 0. The van der Waals surface area contributed by atoms with E-state index in [2.05, 4.69) is 5.43 Å². The molecule has 0 unspecified atom stereocenters. The fraction of sp³-hybridized carbons (Fsp3) is 0.333. The van der Waals surface area contributed by atoms with Gasteiger partial charge in [0.15, 0.2) is 0 Å². The maximum absolute atomic E-state index is 5.22. The first kappa shape index (κ1) is 9.03. The molecule has 0 aromatic heterocycles. The SMILES string of the molecule is COc1cc(C)ccc1CNN. The van der Waals surface area contributed by atoms with Crippen LogP contribution in [0.1, 0.15) is 11.1 Å². The summed E-state index contributed by atoms with van der Waals surface area (Å²) in [4.78, 5) is 0. The molecule has 0 fully saturated rings. The molecule has 0 spiro atoms. The first-order chi connectivity index (χ1) is 5.77. The van der Waals surface area contributed by atoms with Crippen molar-refractivity contribution in [3.05, 3.63) is 29.3 Å². The van der Waals surface area contributed by atoms with Crippen molar-refractivity contribution in [3.63, 3.8) is 0 Å². The van der Waals surface area contributed by atoms with E-state index in [4.69, 9.17) is 10.6 Å². The molecule has 0 radical (unpaired) electrons. The lowest BCUT2D eigenvalue weighted by molar-refractivity contribution is 0.407. The molecule has 0 saturated carbocycles. The van der Waals surface area contributed by atoms with Gasteiger partial charge in [0, 0.05) is 12.1 Å². The molecule has 0 amide bonds. The van der Waals surface area contributed by atoms with Crippen LogP contribution in [0.3, 0.4) is 0 Å². The minimum absolute atomic E-state index is 0.628. The second kappa shape index (κ2) is 4.09. The van der Waals surface area contributed by atoms with Gasteiger partial charge in [-0.05, 0) is 18.6 Å². The molecule has 3 N–H and O–H groups in total. The van der Waals surface area contributed by atoms with Crippen molar-refractivity contribution in [1.82, 2.24) is 5.43 Å². The second-order valence-electron chi connectivity index (χ2n) is 2.70. The monoisotopic (exact) mass is 166 g/mol. The third kappa shape index (κ3) is 1.96. The first-order valence-corrected chi connectivity index (χ1v) is 3.85. The highest BCUT2D eigenvalue weighted by atomic mass is 16.5. The van der Waals surface area contributed by atoms with Crippen LogP contribution in [0.15, 0.2) is 18.2 Å². The zero-order valence-electron chi connectivity index (χ0n) is 7.42. The molecule has 3 heteroatoms. The minimum atomic E-state index is 0.628. The normalized spacial score (nSPS) is 9.92. The van der Waals surface area contributed by atoms with Crippen LogP contribution in [-0.2, 0) is 6.54 Å². The predicted molar refractivity (Wildman–Crippen MR) is 48.8 cm³/mol. The standard InChI is InChI=1S/C9H14N2O/c1-7-3-4-8(6-11-10)9(5-7)12-2/h3-5,11H,6,10H2,1-2H3. The summed E-state index contributed by atoms with van der Waals surface area (Å²) in [6.45, 7) is 2.66. The van der Waals surface area contributed by atoms with Gasteiger partial charge in [-0.1, -0.05) is 12.1 Å². The fourth-order valence-corrected chi connectivity index (χ4v) is 1.11. The highest BCUT2D eigenvalue weighted by molar-refractivity contribution is 5.36. The third-order valence-electron chi connectivity index (χ3n) is 1.74. The van der Waals surface area contributed by atoms with Crippen LogP contribution < -0.4 is 16.0 Å². The number of nitrogens with one attached hydrogen (secondary N) is 1. The summed E-state index contributed by atoms with van der Waals surface area (Å²) in [7, 11) is 1.66. The van der Waals surface area contributed by atoms with E-state index in [0.717, 1.165) is 11.3 Å². The summed E-state index contributed by atoms with van der Waals surface area (Å²) in [5.41, 5.74) is 4.86. The predicted octanol–water partition coefficient (Wildman–Crippen LogP) is 0.967. The number of hydrogen-bond acceptors (Lipinski definition) is 3. The van der Waals surface area contributed by atoms with Gasteiger partial charge in [0.1, 0.15) is 5.75 Å². The number of benzene rings is 1.